The van der Waals surface area contributed by atoms with Gasteiger partial charge in [-0.25, -0.2) is 9.67 Å². The lowest BCUT2D eigenvalue weighted by atomic mass is 10.3. The van der Waals surface area contributed by atoms with E-state index < -0.39 is 0 Å². The van der Waals surface area contributed by atoms with Crippen molar-refractivity contribution < 1.29 is 0 Å². The summed E-state index contributed by atoms with van der Waals surface area (Å²) in [6.45, 7) is 3.86. The van der Waals surface area contributed by atoms with Crippen LogP contribution in [0.5, 0.6) is 0 Å². The number of nitrogens with zero attached hydrogens (tertiary/aromatic N) is 4. The van der Waals surface area contributed by atoms with Crippen LogP contribution in [0.2, 0.25) is 0 Å². The molecule has 15 heavy (non-hydrogen) atoms. The van der Waals surface area contributed by atoms with Gasteiger partial charge in [-0.15, -0.1) is 0 Å². The Hall–Kier alpha value is -1.75. The molecule has 0 saturated heterocycles. The van der Waals surface area contributed by atoms with Crippen molar-refractivity contribution in [2.75, 3.05) is 6.54 Å². The monoisotopic (exact) mass is 203 g/mol. The van der Waals surface area contributed by atoms with Crippen molar-refractivity contribution in [3.63, 3.8) is 0 Å². The van der Waals surface area contributed by atoms with Gasteiger partial charge in [-0.05, 0) is 6.54 Å². The number of hydrogen-bond acceptors (Lipinski definition) is 4. The molecule has 0 aliphatic carbocycles. The third-order valence-corrected chi connectivity index (χ3v) is 2.00. The quantitative estimate of drug-likeness (QED) is 0.797. The Kier molecular flexibility index (Phi) is 3.04. The minimum Gasteiger partial charge on any atom is -0.313 e. The summed E-state index contributed by atoms with van der Waals surface area (Å²) in [7, 11) is 0. The molecule has 2 rings (SSSR count). The van der Waals surface area contributed by atoms with E-state index in [0.717, 1.165) is 24.5 Å². The number of nitrogens with one attached hydrogen (secondary N) is 1. The lowest BCUT2D eigenvalue weighted by molar-refractivity contribution is 0.726. The second-order valence-electron chi connectivity index (χ2n) is 3.14. The lowest BCUT2D eigenvalue weighted by Crippen LogP contribution is -2.10. The Morgan fingerprint density at radius 1 is 1.33 bits per heavy atom. The molecule has 0 spiro atoms. The van der Waals surface area contributed by atoms with Gasteiger partial charge in [0.05, 0.1) is 12.4 Å². The van der Waals surface area contributed by atoms with Crippen LogP contribution in [0.3, 0.4) is 0 Å². The summed E-state index contributed by atoms with van der Waals surface area (Å²) in [6, 6.07) is 0. The molecule has 0 radical (unpaired) electrons. The predicted molar refractivity (Wildman–Crippen MR) is 56.5 cm³/mol. The second-order valence-corrected chi connectivity index (χ2v) is 3.14. The summed E-state index contributed by atoms with van der Waals surface area (Å²) in [6.07, 6.45) is 8.77. The Bertz CT molecular complexity index is 409. The Morgan fingerprint density at radius 2 is 2.27 bits per heavy atom. The van der Waals surface area contributed by atoms with E-state index in [1.165, 1.54) is 0 Å². The maximum absolute atomic E-state index is 4.21. The molecule has 0 saturated carbocycles. The maximum Gasteiger partial charge on any atom is 0.171 e. The highest BCUT2D eigenvalue weighted by Gasteiger charge is 2.00. The van der Waals surface area contributed by atoms with Crippen molar-refractivity contribution in [1.82, 2.24) is 25.1 Å². The molecular formula is C10H13N5. The summed E-state index contributed by atoms with van der Waals surface area (Å²) in [4.78, 5) is 8.15. The highest BCUT2D eigenvalue weighted by molar-refractivity contribution is 5.18. The zero-order valence-electron chi connectivity index (χ0n) is 8.59. The minimum absolute atomic E-state index is 0.736. The summed E-state index contributed by atoms with van der Waals surface area (Å²) < 4.78 is 1.72. The van der Waals surface area contributed by atoms with Crippen LogP contribution in [0.25, 0.3) is 5.82 Å². The smallest absolute Gasteiger partial charge is 0.171 e. The lowest BCUT2D eigenvalue weighted by Gasteiger charge is -1.98. The topological polar surface area (TPSA) is 55.6 Å². The first-order chi connectivity index (χ1) is 7.40. The van der Waals surface area contributed by atoms with Crippen LogP contribution in [-0.4, -0.2) is 26.3 Å². The van der Waals surface area contributed by atoms with Crippen LogP contribution in [0.15, 0.2) is 31.0 Å². The van der Waals surface area contributed by atoms with Crippen molar-refractivity contribution in [2.24, 2.45) is 0 Å². The molecule has 0 aliphatic rings. The second kappa shape index (κ2) is 4.65. The highest BCUT2D eigenvalue weighted by Crippen LogP contribution is 2.03. The van der Waals surface area contributed by atoms with Gasteiger partial charge >= 0.3 is 0 Å². The molecular weight excluding hydrogens is 190 g/mol. The van der Waals surface area contributed by atoms with Crippen LogP contribution in [0.1, 0.15) is 12.5 Å². The van der Waals surface area contributed by atoms with Gasteiger partial charge in [0.2, 0.25) is 0 Å². The summed E-state index contributed by atoms with van der Waals surface area (Å²) in [5, 5.41) is 7.45. The minimum atomic E-state index is 0.736. The molecule has 2 aromatic rings. The summed E-state index contributed by atoms with van der Waals surface area (Å²) in [5.41, 5.74) is 1.14. The third-order valence-electron chi connectivity index (χ3n) is 2.00. The first-order valence-electron chi connectivity index (χ1n) is 4.91. The first kappa shape index (κ1) is 9.79. The molecule has 5 nitrogen and oxygen atoms in total. The highest BCUT2D eigenvalue weighted by atomic mass is 15.3. The van der Waals surface area contributed by atoms with Gasteiger partial charge in [0, 0.05) is 30.7 Å². The maximum atomic E-state index is 4.21. The molecule has 2 aromatic heterocycles. The van der Waals surface area contributed by atoms with Crippen LogP contribution >= 0.6 is 0 Å². The van der Waals surface area contributed by atoms with Crippen LogP contribution in [-0.2, 0) is 6.54 Å². The fourth-order valence-electron chi connectivity index (χ4n) is 1.26. The van der Waals surface area contributed by atoms with Gasteiger partial charge in [0.25, 0.3) is 0 Å². The van der Waals surface area contributed by atoms with Crippen molar-refractivity contribution in [2.45, 2.75) is 13.5 Å². The fraction of sp³-hybridized carbons (Fsp3) is 0.300. The molecule has 0 aromatic carbocycles. The van der Waals surface area contributed by atoms with Crippen LogP contribution in [0.4, 0.5) is 0 Å². The standard InChI is InChI=1S/C10H13N5/c1-2-11-5-9-6-14-15(8-9)10-7-12-3-4-13-10/h3-4,6-8,11H,2,5H2,1H3. The van der Waals surface area contributed by atoms with Gasteiger partial charge in [-0.2, -0.15) is 5.10 Å². The molecule has 1 N–H and O–H groups in total. The Morgan fingerprint density at radius 3 is 3.00 bits per heavy atom. The van der Waals surface area contributed by atoms with Gasteiger partial charge in [0.1, 0.15) is 0 Å². The van der Waals surface area contributed by atoms with Gasteiger partial charge in [-0.1, -0.05) is 6.92 Å². The average Bonchev–Trinajstić information content (AvgIpc) is 2.76. The van der Waals surface area contributed by atoms with E-state index in [1.807, 2.05) is 12.4 Å². The molecule has 78 valence electrons. The molecule has 5 heteroatoms. The van der Waals surface area contributed by atoms with Crippen molar-refractivity contribution >= 4 is 0 Å². The summed E-state index contributed by atoms with van der Waals surface area (Å²) in [5.74, 6) is 0.736. The number of hydrogen-bond donors (Lipinski definition) is 1. The Balaban J connectivity index is 2.14. The van der Waals surface area contributed by atoms with E-state index in [9.17, 15) is 0 Å². The molecule has 0 unspecified atom stereocenters. The van der Waals surface area contributed by atoms with E-state index in [4.69, 9.17) is 0 Å². The van der Waals surface area contributed by atoms with Crippen molar-refractivity contribution in [3.8, 4) is 5.82 Å². The normalized spacial score (nSPS) is 10.5. The van der Waals surface area contributed by atoms with Crippen LogP contribution in [0, 0.1) is 0 Å². The zero-order valence-corrected chi connectivity index (χ0v) is 8.59. The summed E-state index contributed by atoms with van der Waals surface area (Å²) >= 11 is 0. The molecule has 0 atom stereocenters. The van der Waals surface area contributed by atoms with Gasteiger partial charge in [0.15, 0.2) is 5.82 Å². The SMILES string of the molecule is CCNCc1cnn(-c2cnccn2)c1. The molecule has 0 amide bonds. The zero-order chi connectivity index (χ0) is 10.5. The van der Waals surface area contributed by atoms with Crippen molar-refractivity contribution in [1.29, 1.82) is 0 Å². The van der Waals surface area contributed by atoms with E-state index in [-0.39, 0.29) is 0 Å². The molecule has 0 fully saturated rings. The number of rotatable bonds is 4. The number of aromatic nitrogens is 4. The molecule has 2 heterocycles. The van der Waals surface area contributed by atoms with Crippen molar-refractivity contribution in [3.05, 3.63) is 36.5 Å². The van der Waals surface area contributed by atoms with E-state index in [2.05, 4.69) is 27.3 Å². The van der Waals surface area contributed by atoms with Gasteiger partial charge < -0.3 is 5.32 Å². The first-order valence-corrected chi connectivity index (χ1v) is 4.91. The third kappa shape index (κ3) is 2.38. The van der Waals surface area contributed by atoms with Gasteiger partial charge in [-0.3, -0.25) is 4.98 Å². The predicted octanol–water partition coefficient (Wildman–Crippen LogP) is 0.772. The molecule has 0 aliphatic heterocycles. The Labute approximate surface area is 88.2 Å². The molecule has 0 bridgehead atoms. The van der Waals surface area contributed by atoms with E-state index >= 15 is 0 Å². The van der Waals surface area contributed by atoms with E-state index in [1.54, 1.807) is 23.3 Å². The largest absolute Gasteiger partial charge is 0.313 e. The van der Waals surface area contributed by atoms with Crippen LogP contribution < -0.4 is 5.32 Å². The van der Waals surface area contributed by atoms with E-state index in [0.29, 0.717) is 0 Å². The average molecular weight is 203 g/mol. The fourth-order valence-corrected chi connectivity index (χ4v) is 1.26.